The van der Waals surface area contributed by atoms with E-state index in [2.05, 4.69) is 36.1 Å². The minimum Gasteiger partial charge on any atom is -0.374 e. The molecule has 1 aromatic carbocycles. The molecule has 2 fully saturated rings. The maximum Gasteiger partial charge on any atom is 0.0894 e. The van der Waals surface area contributed by atoms with E-state index >= 15 is 0 Å². The number of morpholine rings is 1. The van der Waals surface area contributed by atoms with E-state index in [9.17, 15) is 0 Å². The number of rotatable bonds is 5. The molecule has 110 valence electrons. The van der Waals surface area contributed by atoms with Gasteiger partial charge in [-0.15, -0.1) is 0 Å². The molecule has 3 rings (SSSR count). The highest BCUT2D eigenvalue weighted by atomic mass is 16.5. The van der Waals surface area contributed by atoms with Crippen LogP contribution in [0.3, 0.4) is 0 Å². The van der Waals surface area contributed by atoms with Crippen LogP contribution < -0.4 is 5.73 Å². The molecular weight excluding hydrogens is 248 g/mol. The number of ether oxygens (including phenoxy) is 1. The van der Waals surface area contributed by atoms with Gasteiger partial charge in [0.15, 0.2) is 0 Å². The molecule has 3 heteroatoms. The van der Waals surface area contributed by atoms with Crippen molar-refractivity contribution in [1.29, 1.82) is 0 Å². The Hall–Kier alpha value is -0.900. The third-order valence-electron chi connectivity index (χ3n) is 4.53. The van der Waals surface area contributed by atoms with Gasteiger partial charge in [-0.05, 0) is 42.9 Å². The van der Waals surface area contributed by atoms with Gasteiger partial charge in [0.25, 0.3) is 0 Å². The Morgan fingerprint density at radius 2 is 1.90 bits per heavy atom. The van der Waals surface area contributed by atoms with E-state index in [1.165, 1.54) is 30.4 Å². The molecule has 0 radical (unpaired) electrons. The normalized spacial score (nSPS) is 27.7. The fourth-order valence-electron chi connectivity index (χ4n) is 3.33. The van der Waals surface area contributed by atoms with Gasteiger partial charge in [0.05, 0.1) is 18.8 Å². The van der Waals surface area contributed by atoms with Gasteiger partial charge >= 0.3 is 0 Å². The van der Waals surface area contributed by atoms with Crippen molar-refractivity contribution in [2.45, 2.75) is 44.2 Å². The van der Waals surface area contributed by atoms with Crippen molar-refractivity contribution in [1.82, 2.24) is 4.90 Å². The van der Waals surface area contributed by atoms with Crippen LogP contribution >= 0.6 is 0 Å². The largest absolute Gasteiger partial charge is 0.374 e. The lowest BCUT2D eigenvalue weighted by Crippen LogP contribution is -2.48. The molecule has 3 nitrogen and oxygen atoms in total. The zero-order valence-corrected chi connectivity index (χ0v) is 12.4. The van der Waals surface area contributed by atoms with Crippen LogP contribution in [0.1, 0.15) is 49.3 Å². The molecule has 0 spiro atoms. The fourth-order valence-corrected chi connectivity index (χ4v) is 3.33. The predicted molar refractivity (Wildman–Crippen MR) is 81.8 cm³/mol. The fraction of sp³-hybridized carbons (Fsp3) is 0.647. The zero-order valence-electron chi connectivity index (χ0n) is 12.4. The second-order valence-corrected chi connectivity index (χ2v) is 6.07. The average Bonchev–Trinajstić information content (AvgIpc) is 3.32. The number of hydrogen-bond acceptors (Lipinski definition) is 3. The molecule has 2 N–H and O–H groups in total. The first-order valence-corrected chi connectivity index (χ1v) is 7.99. The summed E-state index contributed by atoms with van der Waals surface area (Å²) in [6.07, 6.45) is 4.02. The maximum atomic E-state index is 5.93. The molecule has 0 bridgehead atoms. The summed E-state index contributed by atoms with van der Waals surface area (Å²) in [5, 5.41) is 0. The highest BCUT2D eigenvalue weighted by Gasteiger charge is 2.32. The summed E-state index contributed by atoms with van der Waals surface area (Å²) in [6.45, 7) is 5.77. The molecular formula is C17H26N2O. The summed E-state index contributed by atoms with van der Waals surface area (Å²) in [7, 11) is 0. The van der Waals surface area contributed by atoms with Gasteiger partial charge in [-0.2, -0.15) is 0 Å². The minimum absolute atomic E-state index is 0.127. The highest BCUT2D eigenvalue weighted by molar-refractivity contribution is 5.30. The summed E-state index contributed by atoms with van der Waals surface area (Å²) in [5.74, 6) is 0.823. The van der Waals surface area contributed by atoms with Crippen molar-refractivity contribution in [3.05, 3.63) is 35.4 Å². The van der Waals surface area contributed by atoms with Crippen LogP contribution in [-0.2, 0) is 4.74 Å². The number of hydrogen-bond donors (Lipinski definition) is 1. The second kappa shape index (κ2) is 6.25. The third kappa shape index (κ3) is 2.90. The predicted octanol–water partition coefficient (Wildman–Crippen LogP) is 2.67. The number of nitrogens with two attached hydrogens (primary N) is 1. The minimum atomic E-state index is 0.127. The van der Waals surface area contributed by atoms with Crippen LogP contribution in [0.5, 0.6) is 0 Å². The van der Waals surface area contributed by atoms with Gasteiger partial charge in [-0.3, -0.25) is 4.90 Å². The van der Waals surface area contributed by atoms with Crippen LogP contribution in [0.25, 0.3) is 0 Å². The Morgan fingerprint density at radius 3 is 2.50 bits per heavy atom. The molecule has 1 aliphatic heterocycles. The first-order chi connectivity index (χ1) is 9.83. The van der Waals surface area contributed by atoms with Gasteiger partial charge in [0.1, 0.15) is 0 Å². The van der Waals surface area contributed by atoms with Crippen molar-refractivity contribution in [2.75, 3.05) is 26.2 Å². The van der Waals surface area contributed by atoms with Gasteiger partial charge in [0, 0.05) is 13.1 Å². The monoisotopic (exact) mass is 274 g/mol. The van der Waals surface area contributed by atoms with Crippen LogP contribution in [0.15, 0.2) is 24.3 Å². The van der Waals surface area contributed by atoms with E-state index in [1.54, 1.807) is 0 Å². The Balaban J connectivity index is 1.81. The van der Waals surface area contributed by atoms with E-state index in [4.69, 9.17) is 10.5 Å². The molecule has 1 saturated carbocycles. The van der Waals surface area contributed by atoms with Gasteiger partial charge in [0.2, 0.25) is 0 Å². The molecule has 1 aliphatic carbocycles. The van der Waals surface area contributed by atoms with Crippen molar-refractivity contribution >= 4 is 0 Å². The topological polar surface area (TPSA) is 38.5 Å². The quantitative estimate of drug-likeness (QED) is 0.897. The third-order valence-corrected chi connectivity index (χ3v) is 4.53. The molecule has 2 atom stereocenters. The molecule has 2 aliphatic rings. The lowest BCUT2D eigenvalue weighted by atomic mass is 9.96. The second-order valence-electron chi connectivity index (χ2n) is 6.07. The molecule has 20 heavy (non-hydrogen) atoms. The van der Waals surface area contributed by atoms with Crippen molar-refractivity contribution in [3.8, 4) is 0 Å². The van der Waals surface area contributed by atoms with Crippen molar-refractivity contribution in [3.63, 3.8) is 0 Å². The molecule has 2 unspecified atom stereocenters. The lowest BCUT2D eigenvalue weighted by molar-refractivity contribution is -0.0676. The Labute approximate surface area is 122 Å². The summed E-state index contributed by atoms with van der Waals surface area (Å²) in [6, 6.07) is 9.51. The summed E-state index contributed by atoms with van der Waals surface area (Å²) in [4.78, 5) is 2.53. The van der Waals surface area contributed by atoms with Crippen LogP contribution in [0.4, 0.5) is 0 Å². The standard InChI is InChI=1S/C17H26N2O/c1-2-9-19-10-11-20-16(12-18)17(19)15-7-5-14(6-8-15)13-3-4-13/h5-8,13,16-17H,2-4,9-12,18H2,1H3. The Kier molecular flexibility index (Phi) is 4.39. The van der Waals surface area contributed by atoms with Gasteiger partial charge < -0.3 is 10.5 Å². The molecule has 1 heterocycles. The van der Waals surface area contributed by atoms with Crippen molar-refractivity contribution in [2.24, 2.45) is 5.73 Å². The SMILES string of the molecule is CCCN1CCOC(CN)C1c1ccc(C2CC2)cc1. The maximum absolute atomic E-state index is 5.93. The molecule has 1 aromatic rings. The Bertz CT molecular complexity index is 425. The van der Waals surface area contributed by atoms with Crippen LogP contribution in [0, 0.1) is 0 Å². The summed E-state index contributed by atoms with van der Waals surface area (Å²) < 4.78 is 5.89. The summed E-state index contributed by atoms with van der Waals surface area (Å²) in [5.41, 5.74) is 8.78. The van der Waals surface area contributed by atoms with E-state index < -0.39 is 0 Å². The molecule has 1 saturated heterocycles. The summed E-state index contributed by atoms with van der Waals surface area (Å²) >= 11 is 0. The van der Waals surface area contributed by atoms with Crippen LogP contribution in [-0.4, -0.2) is 37.2 Å². The molecule has 0 amide bonds. The number of nitrogens with zero attached hydrogens (tertiary/aromatic N) is 1. The highest BCUT2D eigenvalue weighted by Crippen LogP contribution is 2.40. The number of benzene rings is 1. The lowest BCUT2D eigenvalue weighted by Gasteiger charge is -2.41. The van der Waals surface area contributed by atoms with E-state index in [0.29, 0.717) is 12.6 Å². The smallest absolute Gasteiger partial charge is 0.0894 e. The molecule has 0 aromatic heterocycles. The average molecular weight is 274 g/mol. The van der Waals surface area contributed by atoms with E-state index in [-0.39, 0.29) is 6.10 Å². The first-order valence-electron chi connectivity index (χ1n) is 7.99. The van der Waals surface area contributed by atoms with Gasteiger partial charge in [-0.25, -0.2) is 0 Å². The van der Waals surface area contributed by atoms with E-state index in [1.807, 2.05) is 0 Å². The first kappa shape index (κ1) is 14.1. The van der Waals surface area contributed by atoms with E-state index in [0.717, 1.165) is 25.6 Å². The van der Waals surface area contributed by atoms with Crippen molar-refractivity contribution < 1.29 is 4.74 Å². The van der Waals surface area contributed by atoms with Crippen LogP contribution in [0.2, 0.25) is 0 Å². The van der Waals surface area contributed by atoms with Gasteiger partial charge in [-0.1, -0.05) is 31.2 Å². The zero-order chi connectivity index (χ0) is 13.9. The Morgan fingerprint density at radius 1 is 1.20 bits per heavy atom.